The first kappa shape index (κ1) is 16.8. The summed E-state index contributed by atoms with van der Waals surface area (Å²) in [4.78, 5) is 0. The Kier molecular flexibility index (Phi) is 4.08. The van der Waals surface area contributed by atoms with Gasteiger partial charge in [0.25, 0.3) is 5.89 Å². The molecule has 0 amide bonds. The molecule has 0 aromatic carbocycles. The Bertz CT molecular complexity index is 729. The van der Waals surface area contributed by atoms with Gasteiger partial charge >= 0.3 is 18.2 Å². The van der Waals surface area contributed by atoms with E-state index in [0.717, 1.165) is 12.8 Å². The number of nitrogens with zero attached hydrogens (tertiary/aromatic N) is 2. The number of halogens is 6. The van der Waals surface area contributed by atoms with Crippen molar-refractivity contribution in [2.75, 3.05) is 0 Å². The molecule has 1 aliphatic carbocycles. The van der Waals surface area contributed by atoms with E-state index < -0.39 is 35.7 Å². The van der Waals surface area contributed by atoms with Gasteiger partial charge in [0.05, 0.1) is 0 Å². The van der Waals surface area contributed by atoms with E-state index in [2.05, 4.69) is 14.6 Å². The Morgan fingerprint density at radius 2 is 1.33 bits per heavy atom. The molecule has 0 bridgehead atoms. The van der Waals surface area contributed by atoms with E-state index in [0.29, 0.717) is 12.8 Å². The van der Waals surface area contributed by atoms with E-state index in [1.54, 1.807) is 0 Å². The maximum absolute atomic E-state index is 13.2. The lowest BCUT2D eigenvalue weighted by Gasteiger charge is -2.11. The molecule has 0 fully saturated rings. The molecule has 2 aromatic heterocycles. The zero-order valence-electron chi connectivity index (χ0n) is 12.2. The molecule has 132 valence electrons. The summed E-state index contributed by atoms with van der Waals surface area (Å²) in [6, 6.07) is 0. The summed E-state index contributed by atoms with van der Waals surface area (Å²) in [5.41, 5.74) is 0.184. The number of rotatable bonds is 1. The minimum Gasteiger partial charge on any atom is -0.446 e. The zero-order valence-corrected chi connectivity index (χ0v) is 12.2. The van der Waals surface area contributed by atoms with E-state index in [4.69, 9.17) is 4.42 Å². The smallest absolute Gasteiger partial charge is 0.446 e. The second-order valence-electron chi connectivity index (χ2n) is 5.54. The molecule has 2 aromatic rings. The Balaban J connectivity index is 2.12. The Morgan fingerprint density at radius 3 is 1.88 bits per heavy atom. The van der Waals surface area contributed by atoms with Crippen molar-refractivity contribution in [3.8, 4) is 11.7 Å². The predicted octanol–water partition coefficient (Wildman–Crippen LogP) is 5.03. The number of furan rings is 1. The van der Waals surface area contributed by atoms with E-state index in [-0.39, 0.29) is 24.0 Å². The van der Waals surface area contributed by atoms with E-state index in [1.165, 1.54) is 0 Å². The van der Waals surface area contributed by atoms with Crippen LogP contribution in [-0.2, 0) is 25.2 Å². The molecule has 0 saturated carbocycles. The Labute approximate surface area is 131 Å². The predicted molar refractivity (Wildman–Crippen MR) is 67.9 cm³/mol. The van der Waals surface area contributed by atoms with Gasteiger partial charge in [-0.3, -0.25) is 0 Å². The molecular formula is C14H12F6N2O2. The molecule has 0 N–H and O–H groups in total. The minimum atomic E-state index is -4.88. The summed E-state index contributed by atoms with van der Waals surface area (Å²) in [6.45, 7) is 0. The monoisotopic (exact) mass is 354 g/mol. The van der Waals surface area contributed by atoms with E-state index in [1.807, 2.05) is 0 Å². The van der Waals surface area contributed by atoms with Gasteiger partial charge in [-0.05, 0) is 25.7 Å². The van der Waals surface area contributed by atoms with Crippen LogP contribution < -0.4 is 0 Å². The average Bonchev–Trinajstić information content (AvgIpc) is 3.01. The molecule has 24 heavy (non-hydrogen) atoms. The fraction of sp³-hybridized carbons (Fsp3) is 0.571. The minimum absolute atomic E-state index is 0.0241. The second kappa shape index (κ2) is 5.82. The quantitative estimate of drug-likeness (QED) is 0.675. The molecule has 0 unspecified atom stereocenters. The van der Waals surface area contributed by atoms with Crippen molar-refractivity contribution in [3.63, 3.8) is 0 Å². The van der Waals surface area contributed by atoms with Crippen LogP contribution in [0.4, 0.5) is 26.3 Å². The average molecular weight is 354 g/mol. The summed E-state index contributed by atoms with van der Waals surface area (Å²) in [7, 11) is 0. The number of fused-ring (bicyclic) bond motifs is 1. The van der Waals surface area contributed by atoms with Gasteiger partial charge in [-0.25, -0.2) is 0 Å². The Morgan fingerprint density at radius 1 is 0.708 bits per heavy atom. The highest BCUT2D eigenvalue weighted by molar-refractivity contribution is 5.56. The van der Waals surface area contributed by atoms with Crippen LogP contribution >= 0.6 is 0 Å². The van der Waals surface area contributed by atoms with Crippen molar-refractivity contribution < 1.29 is 35.2 Å². The van der Waals surface area contributed by atoms with Crippen LogP contribution in [0.25, 0.3) is 11.7 Å². The van der Waals surface area contributed by atoms with Crippen LogP contribution in [0.3, 0.4) is 0 Å². The summed E-state index contributed by atoms with van der Waals surface area (Å²) in [5, 5.41) is 6.06. The molecule has 2 heterocycles. The number of hydrogen-bond acceptors (Lipinski definition) is 4. The zero-order chi connectivity index (χ0) is 17.5. The first-order valence-corrected chi connectivity index (χ1v) is 7.30. The lowest BCUT2D eigenvalue weighted by atomic mass is 9.93. The first-order chi connectivity index (χ1) is 11.2. The fourth-order valence-electron chi connectivity index (χ4n) is 2.82. The molecule has 4 nitrogen and oxygen atoms in total. The van der Waals surface area contributed by atoms with Gasteiger partial charge in [0.15, 0.2) is 5.76 Å². The maximum Gasteiger partial charge on any atom is 0.470 e. The van der Waals surface area contributed by atoms with Gasteiger partial charge in [-0.15, -0.1) is 10.2 Å². The summed E-state index contributed by atoms with van der Waals surface area (Å²) in [6.07, 6.45) is -6.45. The third-order valence-electron chi connectivity index (χ3n) is 3.84. The Hall–Kier alpha value is -2.00. The summed E-state index contributed by atoms with van der Waals surface area (Å²) in [5.74, 6) is -3.92. The fourth-order valence-corrected chi connectivity index (χ4v) is 2.82. The van der Waals surface area contributed by atoms with Crippen LogP contribution in [0.5, 0.6) is 0 Å². The largest absolute Gasteiger partial charge is 0.470 e. The third kappa shape index (κ3) is 3.13. The van der Waals surface area contributed by atoms with Crippen LogP contribution in [0.1, 0.15) is 48.5 Å². The number of alkyl halides is 6. The molecule has 0 atom stereocenters. The highest BCUT2D eigenvalue weighted by Crippen LogP contribution is 2.42. The van der Waals surface area contributed by atoms with Gasteiger partial charge in [-0.1, -0.05) is 12.8 Å². The standard InChI is InChI=1S/C14H12F6N2O2/c15-13(16,17)10-8-6-4-2-1-3-5-7(8)9(23-10)11-21-22-12(24-11)14(18,19)20/h1-6H2. The first-order valence-electron chi connectivity index (χ1n) is 7.30. The molecule has 0 aliphatic heterocycles. The normalized spacial score (nSPS) is 16.6. The van der Waals surface area contributed by atoms with Crippen molar-refractivity contribution in [1.82, 2.24) is 10.2 Å². The lowest BCUT2D eigenvalue weighted by Crippen LogP contribution is -2.08. The second-order valence-corrected chi connectivity index (χ2v) is 5.54. The molecule has 3 rings (SSSR count). The van der Waals surface area contributed by atoms with Crippen LogP contribution in [-0.4, -0.2) is 10.2 Å². The highest BCUT2D eigenvalue weighted by atomic mass is 19.4. The molecule has 1 aliphatic rings. The van der Waals surface area contributed by atoms with Gasteiger partial charge in [0, 0.05) is 11.1 Å². The van der Waals surface area contributed by atoms with Crippen LogP contribution in [0, 0.1) is 0 Å². The number of aromatic nitrogens is 2. The summed E-state index contributed by atoms with van der Waals surface area (Å²) >= 11 is 0. The molecule has 0 saturated heterocycles. The topological polar surface area (TPSA) is 52.1 Å². The molecule has 10 heteroatoms. The van der Waals surface area contributed by atoms with Crippen LogP contribution in [0.15, 0.2) is 8.83 Å². The molecular weight excluding hydrogens is 342 g/mol. The maximum atomic E-state index is 13.2. The van der Waals surface area contributed by atoms with Crippen molar-refractivity contribution in [1.29, 1.82) is 0 Å². The van der Waals surface area contributed by atoms with Crippen molar-refractivity contribution >= 4 is 0 Å². The van der Waals surface area contributed by atoms with Crippen molar-refractivity contribution in [2.24, 2.45) is 0 Å². The highest BCUT2D eigenvalue weighted by Gasteiger charge is 2.42. The van der Waals surface area contributed by atoms with Gasteiger partial charge in [-0.2, -0.15) is 26.3 Å². The van der Waals surface area contributed by atoms with E-state index >= 15 is 0 Å². The summed E-state index contributed by atoms with van der Waals surface area (Å²) < 4.78 is 86.6. The number of hydrogen-bond donors (Lipinski definition) is 0. The van der Waals surface area contributed by atoms with Crippen LogP contribution in [0.2, 0.25) is 0 Å². The van der Waals surface area contributed by atoms with Crippen molar-refractivity contribution in [3.05, 3.63) is 22.8 Å². The van der Waals surface area contributed by atoms with E-state index in [9.17, 15) is 26.3 Å². The lowest BCUT2D eigenvalue weighted by molar-refractivity contribution is -0.157. The van der Waals surface area contributed by atoms with Gasteiger partial charge in [0.1, 0.15) is 0 Å². The molecule has 0 spiro atoms. The van der Waals surface area contributed by atoms with Gasteiger partial charge < -0.3 is 8.83 Å². The molecule has 0 radical (unpaired) electrons. The SMILES string of the molecule is FC(F)(F)c1nnc(-c2oc(C(F)(F)F)c3c2CCCCCC3)o1. The van der Waals surface area contributed by atoms with Crippen molar-refractivity contribution in [2.45, 2.75) is 50.9 Å². The third-order valence-corrected chi connectivity index (χ3v) is 3.84. The van der Waals surface area contributed by atoms with Gasteiger partial charge in [0.2, 0.25) is 5.76 Å².